The first-order valence-corrected chi connectivity index (χ1v) is 6.32. The Hall–Kier alpha value is -0.350. The van der Waals surface area contributed by atoms with Gasteiger partial charge < -0.3 is 5.32 Å². The highest BCUT2D eigenvalue weighted by atomic mass is 79.9. The van der Waals surface area contributed by atoms with Gasteiger partial charge in [-0.1, -0.05) is 6.92 Å². The second-order valence-electron chi connectivity index (χ2n) is 3.76. The minimum atomic E-state index is 0.530. The summed E-state index contributed by atoms with van der Waals surface area (Å²) < 4.78 is 3.25. The molecule has 0 aliphatic carbocycles. The number of halogens is 1. The maximum Gasteiger partial charge on any atom is 0.0738 e. The number of hydrogen-bond acceptors (Lipinski definition) is 2. The quantitative estimate of drug-likeness (QED) is 0.894. The molecule has 1 unspecified atom stereocenters. The summed E-state index contributed by atoms with van der Waals surface area (Å²) in [5, 5.41) is 7.82. The van der Waals surface area contributed by atoms with Gasteiger partial charge in [-0.25, -0.2) is 0 Å². The molecule has 1 heterocycles. The van der Waals surface area contributed by atoms with Crippen molar-refractivity contribution in [2.24, 2.45) is 0 Å². The van der Waals surface area contributed by atoms with Crippen molar-refractivity contribution in [3.63, 3.8) is 0 Å². The molecule has 0 aliphatic heterocycles. The second kappa shape index (κ2) is 5.66. The summed E-state index contributed by atoms with van der Waals surface area (Å²) in [4.78, 5) is 0. The molecule has 0 radical (unpaired) electrons. The maximum absolute atomic E-state index is 4.49. The molecule has 0 amide bonds. The molecule has 0 aromatic carbocycles. The van der Waals surface area contributed by atoms with Gasteiger partial charge in [-0.15, -0.1) is 0 Å². The Kier molecular flexibility index (Phi) is 4.80. The lowest BCUT2D eigenvalue weighted by Crippen LogP contribution is -2.27. The van der Waals surface area contributed by atoms with Gasteiger partial charge in [-0.2, -0.15) is 5.10 Å². The molecular formula is C11H20BrN3. The zero-order valence-electron chi connectivity index (χ0n) is 9.97. The number of aromatic nitrogens is 2. The minimum Gasteiger partial charge on any atom is -0.317 e. The van der Waals surface area contributed by atoms with Crippen LogP contribution in [0.15, 0.2) is 4.47 Å². The normalized spacial score (nSPS) is 13.1. The summed E-state index contributed by atoms with van der Waals surface area (Å²) in [6.45, 7) is 7.30. The predicted octanol–water partition coefficient (Wildman–Crippen LogP) is 2.51. The van der Waals surface area contributed by atoms with Gasteiger partial charge in [0.2, 0.25) is 0 Å². The van der Waals surface area contributed by atoms with Crippen LogP contribution in [0.4, 0.5) is 0 Å². The molecule has 1 aromatic heterocycles. The average Bonchev–Trinajstić information content (AvgIpc) is 2.52. The Morgan fingerprint density at radius 1 is 1.47 bits per heavy atom. The van der Waals surface area contributed by atoms with E-state index < -0.39 is 0 Å². The SMILES string of the molecule is CCC(Cc1c(Br)c(C)nn1CC)NC. The Balaban J connectivity index is 2.91. The largest absolute Gasteiger partial charge is 0.317 e. The molecule has 0 spiro atoms. The Labute approximate surface area is 100 Å². The van der Waals surface area contributed by atoms with E-state index in [0.29, 0.717) is 6.04 Å². The highest BCUT2D eigenvalue weighted by Crippen LogP contribution is 2.22. The van der Waals surface area contributed by atoms with Crippen LogP contribution >= 0.6 is 15.9 Å². The average molecular weight is 274 g/mol. The first-order valence-electron chi connectivity index (χ1n) is 5.53. The summed E-state index contributed by atoms with van der Waals surface area (Å²) in [7, 11) is 2.02. The number of rotatable bonds is 5. The van der Waals surface area contributed by atoms with Crippen LogP contribution in [0.25, 0.3) is 0 Å². The molecule has 0 saturated carbocycles. The van der Waals surface area contributed by atoms with Crippen LogP contribution in [0, 0.1) is 6.92 Å². The topological polar surface area (TPSA) is 29.9 Å². The zero-order valence-corrected chi connectivity index (χ0v) is 11.6. The number of aryl methyl sites for hydroxylation is 2. The van der Waals surface area contributed by atoms with Crippen LogP contribution in [-0.4, -0.2) is 22.9 Å². The summed E-state index contributed by atoms with van der Waals surface area (Å²) >= 11 is 3.62. The van der Waals surface area contributed by atoms with Crippen LogP contribution in [0.3, 0.4) is 0 Å². The molecule has 4 heteroatoms. The standard InChI is InChI=1S/C11H20BrN3/c1-5-9(13-4)7-10-11(12)8(3)14-15(10)6-2/h9,13H,5-7H2,1-4H3. The van der Waals surface area contributed by atoms with E-state index in [9.17, 15) is 0 Å². The van der Waals surface area contributed by atoms with Crippen LogP contribution in [0.2, 0.25) is 0 Å². The molecule has 86 valence electrons. The van der Waals surface area contributed by atoms with Gasteiger partial charge in [0, 0.05) is 19.0 Å². The second-order valence-corrected chi connectivity index (χ2v) is 4.55. The van der Waals surface area contributed by atoms with Crippen molar-refractivity contribution in [2.75, 3.05) is 7.05 Å². The smallest absolute Gasteiger partial charge is 0.0738 e. The van der Waals surface area contributed by atoms with Gasteiger partial charge in [0.25, 0.3) is 0 Å². The number of hydrogen-bond donors (Lipinski definition) is 1. The van der Waals surface area contributed by atoms with Crippen molar-refractivity contribution in [3.8, 4) is 0 Å². The highest BCUT2D eigenvalue weighted by molar-refractivity contribution is 9.10. The molecule has 1 atom stereocenters. The van der Waals surface area contributed by atoms with Crippen molar-refractivity contribution in [3.05, 3.63) is 15.9 Å². The van der Waals surface area contributed by atoms with E-state index in [1.165, 1.54) is 5.69 Å². The summed E-state index contributed by atoms with van der Waals surface area (Å²) in [5.41, 5.74) is 2.38. The van der Waals surface area contributed by atoms with E-state index in [2.05, 4.69) is 44.9 Å². The number of nitrogens with one attached hydrogen (secondary N) is 1. The summed E-state index contributed by atoms with van der Waals surface area (Å²) in [6, 6.07) is 0.530. The Morgan fingerprint density at radius 2 is 2.13 bits per heavy atom. The molecule has 0 aliphatic rings. The molecular weight excluding hydrogens is 254 g/mol. The van der Waals surface area contributed by atoms with Gasteiger partial charge in [-0.3, -0.25) is 4.68 Å². The first-order chi connectivity index (χ1) is 7.13. The van der Waals surface area contributed by atoms with E-state index >= 15 is 0 Å². The molecule has 1 rings (SSSR count). The van der Waals surface area contributed by atoms with Crippen LogP contribution in [0.5, 0.6) is 0 Å². The van der Waals surface area contributed by atoms with E-state index in [0.717, 1.165) is 29.6 Å². The predicted molar refractivity (Wildman–Crippen MR) is 67.2 cm³/mol. The van der Waals surface area contributed by atoms with Crippen molar-refractivity contribution in [2.45, 2.75) is 46.2 Å². The Morgan fingerprint density at radius 3 is 2.60 bits per heavy atom. The number of nitrogens with zero attached hydrogens (tertiary/aromatic N) is 2. The van der Waals surface area contributed by atoms with E-state index in [1.54, 1.807) is 0 Å². The van der Waals surface area contributed by atoms with Crippen LogP contribution < -0.4 is 5.32 Å². The third kappa shape index (κ3) is 2.82. The summed E-state index contributed by atoms with van der Waals surface area (Å²) in [5.74, 6) is 0. The fourth-order valence-corrected chi connectivity index (χ4v) is 2.19. The van der Waals surface area contributed by atoms with Crippen molar-refractivity contribution < 1.29 is 0 Å². The zero-order chi connectivity index (χ0) is 11.4. The summed E-state index contributed by atoms with van der Waals surface area (Å²) in [6.07, 6.45) is 2.17. The third-order valence-corrected chi connectivity index (χ3v) is 3.83. The van der Waals surface area contributed by atoms with E-state index in [1.807, 2.05) is 14.0 Å². The lowest BCUT2D eigenvalue weighted by molar-refractivity contribution is 0.510. The van der Waals surface area contributed by atoms with Crippen molar-refractivity contribution >= 4 is 15.9 Å². The van der Waals surface area contributed by atoms with E-state index in [4.69, 9.17) is 0 Å². The van der Waals surface area contributed by atoms with Gasteiger partial charge in [0.1, 0.15) is 0 Å². The maximum atomic E-state index is 4.49. The molecule has 0 saturated heterocycles. The lowest BCUT2D eigenvalue weighted by Gasteiger charge is -2.14. The highest BCUT2D eigenvalue weighted by Gasteiger charge is 2.15. The van der Waals surface area contributed by atoms with Crippen LogP contribution in [0.1, 0.15) is 31.7 Å². The molecule has 1 N–H and O–H groups in total. The monoisotopic (exact) mass is 273 g/mol. The fourth-order valence-electron chi connectivity index (χ4n) is 1.75. The molecule has 0 bridgehead atoms. The lowest BCUT2D eigenvalue weighted by atomic mass is 10.1. The third-order valence-electron chi connectivity index (χ3n) is 2.79. The molecule has 3 nitrogen and oxygen atoms in total. The van der Waals surface area contributed by atoms with Gasteiger partial charge in [0.05, 0.1) is 15.9 Å². The molecule has 1 aromatic rings. The van der Waals surface area contributed by atoms with Gasteiger partial charge >= 0.3 is 0 Å². The Bertz CT molecular complexity index is 316. The van der Waals surface area contributed by atoms with Crippen LogP contribution in [-0.2, 0) is 13.0 Å². The molecule has 0 fully saturated rings. The minimum absolute atomic E-state index is 0.530. The molecule has 15 heavy (non-hydrogen) atoms. The number of likely N-dealkylation sites (N-methyl/N-ethyl adjacent to an activating group) is 1. The first kappa shape index (κ1) is 12.7. The van der Waals surface area contributed by atoms with Gasteiger partial charge in [-0.05, 0) is 43.2 Å². The van der Waals surface area contributed by atoms with E-state index in [-0.39, 0.29) is 0 Å². The van der Waals surface area contributed by atoms with Gasteiger partial charge in [0.15, 0.2) is 0 Å². The van der Waals surface area contributed by atoms with Crippen molar-refractivity contribution in [1.82, 2.24) is 15.1 Å². The van der Waals surface area contributed by atoms with Crippen molar-refractivity contribution in [1.29, 1.82) is 0 Å². The fraction of sp³-hybridized carbons (Fsp3) is 0.727.